The third-order valence-corrected chi connectivity index (χ3v) is 3.61. The van der Waals surface area contributed by atoms with Crippen LogP contribution in [0.25, 0.3) is 0 Å². The molecule has 0 spiro atoms. The molecule has 1 heterocycles. The molecule has 0 fully saturated rings. The van der Waals surface area contributed by atoms with Crippen molar-refractivity contribution in [3.8, 4) is 0 Å². The Balaban J connectivity index is 2.00. The highest BCUT2D eigenvalue weighted by Gasteiger charge is 2.15. The van der Waals surface area contributed by atoms with Crippen LogP contribution in [0, 0.1) is 12.7 Å². The quantitative estimate of drug-likeness (QED) is 0.854. The highest BCUT2D eigenvalue weighted by Crippen LogP contribution is 2.21. The van der Waals surface area contributed by atoms with Gasteiger partial charge in [-0.15, -0.1) is 0 Å². The van der Waals surface area contributed by atoms with E-state index >= 15 is 0 Å². The summed E-state index contributed by atoms with van der Waals surface area (Å²) in [4.78, 5) is 2.01. The minimum Gasteiger partial charge on any atom is -0.387 e. The number of nitrogens with one attached hydrogen (secondary N) is 1. The molecule has 1 aromatic carbocycles. The maximum atomic E-state index is 13.2. The number of rotatable bonds is 6. The third-order valence-electron chi connectivity index (χ3n) is 3.61. The summed E-state index contributed by atoms with van der Waals surface area (Å²) in [6, 6.07) is 6.04. The molecule has 2 rings (SSSR count). The molecule has 1 atom stereocenters. The Hall–Kier alpha value is -1.92. The highest BCUT2D eigenvalue weighted by molar-refractivity contribution is 5.48. The van der Waals surface area contributed by atoms with Crippen LogP contribution in [0.2, 0.25) is 0 Å². The number of halogens is 1. The van der Waals surface area contributed by atoms with Crippen LogP contribution in [-0.2, 0) is 13.6 Å². The van der Waals surface area contributed by atoms with Gasteiger partial charge >= 0.3 is 0 Å². The second kappa shape index (κ2) is 6.89. The molecule has 2 aromatic rings. The van der Waals surface area contributed by atoms with Crippen molar-refractivity contribution >= 4 is 5.82 Å². The Morgan fingerprint density at radius 2 is 2.14 bits per heavy atom. The average Bonchev–Trinajstić information content (AvgIpc) is 2.73. The smallest absolute Gasteiger partial charge is 0.130 e. The van der Waals surface area contributed by atoms with Crippen molar-refractivity contribution < 1.29 is 9.50 Å². The molecular weight excluding hydrogens is 283 g/mol. The van der Waals surface area contributed by atoms with Crippen LogP contribution in [0.5, 0.6) is 0 Å². The van der Waals surface area contributed by atoms with Crippen molar-refractivity contribution in [3.63, 3.8) is 0 Å². The summed E-state index contributed by atoms with van der Waals surface area (Å²) >= 11 is 0. The Labute approximate surface area is 130 Å². The molecule has 5 nitrogen and oxygen atoms in total. The second-order valence-electron chi connectivity index (χ2n) is 5.61. The van der Waals surface area contributed by atoms with Crippen LogP contribution >= 0.6 is 0 Å². The monoisotopic (exact) mass is 306 g/mol. The van der Waals surface area contributed by atoms with Gasteiger partial charge in [0.05, 0.1) is 11.8 Å². The van der Waals surface area contributed by atoms with Gasteiger partial charge < -0.3 is 15.3 Å². The predicted octanol–water partition coefficient (Wildman–Crippen LogP) is 1.76. The molecule has 6 heteroatoms. The Morgan fingerprint density at radius 3 is 2.77 bits per heavy atom. The fraction of sp³-hybridized carbons (Fsp3) is 0.438. The molecule has 0 bridgehead atoms. The molecule has 0 aliphatic rings. The van der Waals surface area contributed by atoms with E-state index in [1.54, 1.807) is 12.1 Å². The number of aliphatic hydroxyl groups excluding tert-OH is 1. The zero-order chi connectivity index (χ0) is 16.3. The van der Waals surface area contributed by atoms with Crippen LogP contribution < -0.4 is 10.2 Å². The number of nitrogens with zero attached hydrogens (tertiary/aromatic N) is 3. The van der Waals surface area contributed by atoms with Crippen molar-refractivity contribution in [1.82, 2.24) is 15.1 Å². The van der Waals surface area contributed by atoms with Crippen LogP contribution in [0.4, 0.5) is 10.2 Å². The standard InChI is InChI=1S/C16H23FN4O/c1-11-14(16(20(2)3)21(4)19-11)9-18-10-15(22)12-6-5-7-13(17)8-12/h5-8,15,18,22H,9-10H2,1-4H3/t15-/m1/s1. The SMILES string of the molecule is Cc1nn(C)c(N(C)C)c1CNC[C@@H](O)c1cccc(F)c1. The van der Waals surface area contributed by atoms with Gasteiger partial charge in [0.1, 0.15) is 11.6 Å². The van der Waals surface area contributed by atoms with E-state index in [9.17, 15) is 9.50 Å². The van der Waals surface area contributed by atoms with Crippen molar-refractivity contribution in [2.75, 3.05) is 25.5 Å². The van der Waals surface area contributed by atoms with Crippen molar-refractivity contribution in [1.29, 1.82) is 0 Å². The lowest BCUT2D eigenvalue weighted by Crippen LogP contribution is -2.23. The summed E-state index contributed by atoms with van der Waals surface area (Å²) in [7, 11) is 5.86. The fourth-order valence-electron chi connectivity index (χ4n) is 2.62. The first-order valence-electron chi connectivity index (χ1n) is 7.24. The topological polar surface area (TPSA) is 53.3 Å². The number of benzene rings is 1. The molecular formula is C16H23FN4O. The molecule has 0 saturated carbocycles. The van der Waals surface area contributed by atoms with E-state index in [4.69, 9.17) is 0 Å². The van der Waals surface area contributed by atoms with Gasteiger partial charge in [-0.1, -0.05) is 12.1 Å². The van der Waals surface area contributed by atoms with Gasteiger partial charge in [-0.25, -0.2) is 4.39 Å². The van der Waals surface area contributed by atoms with Crippen LogP contribution in [0.15, 0.2) is 24.3 Å². The number of aryl methyl sites for hydroxylation is 2. The first kappa shape index (κ1) is 16.5. The van der Waals surface area contributed by atoms with Gasteiger partial charge in [0.15, 0.2) is 0 Å². The maximum absolute atomic E-state index is 13.2. The Bertz CT molecular complexity index is 639. The number of aromatic nitrogens is 2. The van der Waals surface area contributed by atoms with E-state index in [2.05, 4.69) is 10.4 Å². The van der Waals surface area contributed by atoms with E-state index in [1.807, 2.05) is 37.6 Å². The summed E-state index contributed by atoms with van der Waals surface area (Å²) < 4.78 is 15.0. The minimum absolute atomic E-state index is 0.338. The highest BCUT2D eigenvalue weighted by atomic mass is 19.1. The molecule has 0 saturated heterocycles. The van der Waals surface area contributed by atoms with Crippen LogP contribution in [-0.4, -0.2) is 35.5 Å². The number of anilines is 1. The van der Waals surface area contributed by atoms with E-state index < -0.39 is 6.10 Å². The van der Waals surface area contributed by atoms with E-state index in [-0.39, 0.29) is 5.82 Å². The summed E-state index contributed by atoms with van der Waals surface area (Å²) in [6.45, 7) is 2.91. The number of hydrogen-bond donors (Lipinski definition) is 2. The molecule has 120 valence electrons. The van der Waals surface area contributed by atoms with E-state index in [0.29, 0.717) is 18.7 Å². The maximum Gasteiger partial charge on any atom is 0.130 e. The summed E-state index contributed by atoms with van der Waals surface area (Å²) in [5.74, 6) is 0.694. The zero-order valence-corrected chi connectivity index (χ0v) is 13.5. The zero-order valence-electron chi connectivity index (χ0n) is 13.5. The van der Waals surface area contributed by atoms with E-state index in [1.165, 1.54) is 12.1 Å². The summed E-state index contributed by atoms with van der Waals surface area (Å²) in [5, 5.41) is 17.8. The van der Waals surface area contributed by atoms with Gasteiger partial charge in [0.2, 0.25) is 0 Å². The molecule has 0 aliphatic carbocycles. The van der Waals surface area contributed by atoms with Gasteiger partial charge in [-0.3, -0.25) is 4.68 Å². The van der Waals surface area contributed by atoms with Crippen LogP contribution in [0.3, 0.4) is 0 Å². The largest absolute Gasteiger partial charge is 0.387 e. The molecule has 0 amide bonds. The van der Waals surface area contributed by atoms with Gasteiger partial charge in [0.25, 0.3) is 0 Å². The normalized spacial score (nSPS) is 12.5. The summed E-state index contributed by atoms with van der Waals surface area (Å²) in [5.41, 5.74) is 2.63. The lowest BCUT2D eigenvalue weighted by atomic mass is 10.1. The molecule has 0 aliphatic heterocycles. The Kier molecular flexibility index (Phi) is 5.15. The average molecular weight is 306 g/mol. The van der Waals surface area contributed by atoms with Crippen LogP contribution in [0.1, 0.15) is 22.9 Å². The molecule has 2 N–H and O–H groups in total. The van der Waals surface area contributed by atoms with Crippen molar-refractivity contribution in [3.05, 3.63) is 46.9 Å². The van der Waals surface area contributed by atoms with Crippen molar-refractivity contribution in [2.24, 2.45) is 7.05 Å². The molecule has 1 aromatic heterocycles. The first-order chi connectivity index (χ1) is 10.4. The molecule has 0 unspecified atom stereocenters. The predicted molar refractivity (Wildman–Crippen MR) is 85.3 cm³/mol. The fourth-order valence-corrected chi connectivity index (χ4v) is 2.62. The molecule has 0 radical (unpaired) electrons. The number of hydrogen-bond acceptors (Lipinski definition) is 4. The third kappa shape index (κ3) is 3.64. The van der Waals surface area contributed by atoms with E-state index in [0.717, 1.165) is 17.1 Å². The number of aliphatic hydroxyl groups is 1. The lowest BCUT2D eigenvalue weighted by Gasteiger charge is -2.17. The molecule has 22 heavy (non-hydrogen) atoms. The second-order valence-corrected chi connectivity index (χ2v) is 5.61. The Morgan fingerprint density at radius 1 is 1.41 bits per heavy atom. The lowest BCUT2D eigenvalue weighted by molar-refractivity contribution is 0.174. The summed E-state index contributed by atoms with van der Waals surface area (Å²) in [6.07, 6.45) is -0.740. The van der Waals surface area contributed by atoms with Crippen molar-refractivity contribution in [2.45, 2.75) is 19.6 Å². The van der Waals surface area contributed by atoms with Gasteiger partial charge in [0, 0.05) is 39.8 Å². The van der Waals surface area contributed by atoms with Gasteiger partial charge in [-0.05, 0) is 24.6 Å². The van der Waals surface area contributed by atoms with Gasteiger partial charge in [-0.2, -0.15) is 5.10 Å². The first-order valence-corrected chi connectivity index (χ1v) is 7.24. The minimum atomic E-state index is -0.740.